The summed E-state index contributed by atoms with van der Waals surface area (Å²) in [5.74, 6) is -0.353. The van der Waals surface area contributed by atoms with Gasteiger partial charge in [-0.15, -0.1) is 0 Å². The second-order valence-electron chi connectivity index (χ2n) is 6.14. The fourth-order valence-electron chi connectivity index (χ4n) is 2.91. The number of hydrogen-bond acceptors (Lipinski definition) is 4. The topological polar surface area (TPSA) is 82.5 Å². The second kappa shape index (κ2) is 7.79. The van der Waals surface area contributed by atoms with Crippen LogP contribution >= 0.6 is 0 Å². The Kier molecular flexibility index (Phi) is 5.28. The van der Waals surface area contributed by atoms with E-state index in [4.69, 9.17) is 5.11 Å². The lowest BCUT2D eigenvalue weighted by Crippen LogP contribution is -2.25. The van der Waals surface area contributed by atoms with Gasteiger partial charge >= 0.3 is 5.97 Å². The van der Waals surface area contributed by atoms with Crippen LogP contribution in [-0.4, -0.2) is 35.1 Å². The zero-order valence-corrected chi connectivity index (χ0v) is 13.9. The quantitative estimate of drug-likeness (QED) is 0.892. The fourth-order valence-corrected chi connectivity index (χ4v) is 2.91. The van der Waals surface area contributed by atoms with Crippen molar-refractivity contribution in [1.82, 2.24) is 4.98 Å². The van der Waals surface area contributed by atoms with Crippen LogP contribution in [0.15, 0.2) is 42.6 Å². The van der Waals surface area contributed by atoms with Gasteiger partial charge in [0.25, 0.3) is 5.91 Å². The number of carboxylic acids is 1. The van der Waals surface area contributed by atoms with Crippen molar-refractivity contribution in [2.75, 3.05) is 23.3 Å². The Morgan fingerprint density at radius 1 is 0.920 bits per heavy atom. The molecule has 0 saturated carbocycles. The average Bonchev–Trinajstić information content (AvgIpc) is 2.92. The molecule has 1 aliphatic heterocycles. The number of carbonyl (C=O) groups excluding carboxylic acids is 1. The van der Waals surface area contributed by atoms with Crippen molar-refractivity contribution in [3.8, 4) is 0 Å². The van der Waals surface area contributed by atoms with Gasteiger partial charge in [0.05, 0.1) is 11.1 Å². The van der Waals surface area contributed by atoms with Crippen LogP contribution in [-0.2, 0) is 0 Å². The highest BCUT2D eigenvalue weighted by atomic mass is 16.4. The number of nitrogens with one attached hydrogen (secondary N) is 1. The van der Waals surface area contributed by atoms with Crippen molar-refractivity contribution in [2.24, 2.45) is 0 Å². The fraction of sp³-hybridized carbons (Fsp3) is 0.316. The standard InChI is InChI=1S/C19H21N3O3/c23-18(21-16-8-5-14(6-9-16)19(24)25)15-7-10-17(20-13-15)22-11-3-1-2-4-12-22/h5-10,13H,1-4,11-12H2,(H,21,23)(H,24,25). The van der Waals surface area contributed by atoms with Crippen LogP contribution in [0, 0.1) is 0 Å². The van der Waals surface area contributed by atoms with Gasteiger partial charge in [-0.2, -0.15) is 0 Å². The predicted octanol–water partition coefficient (Wildman–Crippen LogP) is 3.41. The number of anilines is 2. The molecule has 25 heavy (non-hydrogen) atoms. The third-order valence-corrected chi connectivity index (χ3v) is 4.33. The first kappa shape index (κ1) is 17.0. The molecule has 1 saturated heterocycles. The van der Waals surface area contributed by atoms with Crippen molar-refractivity contribution >= 4 is 23.4 Å². The van der Waals surface area contributed by atoms with E-state index in [-0.39, 0.29) is 11.5 Å². The van der Waals surface area contributed by atoms with E-state index < -0.39 is 5.97 Å². The molecule has 1 aliphatic rings. The maximum atomic E-state index is 12.3. The Morgan fingerprint density at radius 2 is 1.56 bits per heavy atom. The van der Waals surface area contributed by atoms with Crippen LogP contribution < -0.4 is 10.2 Å². The highest BCUT2D eigenvalue weighted by Crippen LogP contribution is 2.18. The summed E-state index contributed by atoms with van der Waals surface area (Å²) in [5, 5.41) is 11.6. The van der Waals surface area contributed by atoms with Gasteiger partial charge < -0.3 is 15.3 Å². The molecule has 1 fully saturated rings. The number of carbonyl (C=O) groups is 2. The van der Waals surface area contributed by atoms with E-state index in [0.29, 0.717) is 11.3 Å². The van der Waals surface area contributed by atoms with Gasteiger partial charge in [-0.05, 0) is 49.2 Å². The molecule has 3 rings (SSSR count). The minimum Gasteiger partial charge on any atom is -0.478 e. The average molecular weight is 339 g/mol. The summed E-state index contributed by atoms with van der Waals surface area (Å²) >= 11 is 0. The summed E-state index contributed by atoms with van der Waals surface area (Å²) in [6.07, 6.45) is 6.46. The molecule has 0 spiro atoms. The van der Waals surface area contributed by atoms with Crippen LogP contribution in [0.1, 0.15) is 46.4 Å². The first-order valence-electron chi connectivity index (χ1n) is 8.49. The van der Waals surface area contributed by atoms with Crippen LogP contribution in [0.2, 0.25) is 0 Å². The Labute approximate surface area is 146 Å². The van der Waals surface area contributed by atoms with Gasteiger partial charge in [-0.3, -0.25) is 4.79 Å². The summed E-state index contributed by atoms with van der Waals surface area (Å²) < 4.78 is 0. The summed E-state index contributed by atoms with van der Waals surface area (Å²) in [6, 6.07) is 9.71. The largest absolute Gasteiger partial charge is 0.478 e. The molecule has 0 unspecified atom stereocenters. The van der Waals surface area contributed by atoms with Crippen molar-refractivity contribution in [3.05, 3.63) is 53.7 Å². The van der Waals surface area contributed by atoms with Gasteiger partial charge in [0.2, 0.25) is 0 Å². The van der Waals surface area contributed by atoms with E-state index in [0.717, 1.165) is 18.9 Å². The van der Waals surface area contributed by atoms with Crippen LogP contribution in [0.5, 0.6) is 0 Å². The first-order valence-corrected chi connectivity index (χ1v) is 8.49. The van der Waals surface area contributed by atoms with E-state index in [2.05, 4.69) is 15.2 Å². The van der Waals surface area contributed by atoms with Crippen LogP contribution in [0.4, 0.5) is 11.5 Å². The minimum atomic E-state index is -0.994. The molecule has 0 bridgehead atoms. The Balaban J connectivity index is 1.64. The molecule has 6 nitrogen and oxygen atoms in total. The Hall–Kier alpha value is -2.89. The van der Waals surface area contributed by atoms with Crippen LogP contribution in [0.3, 0.4) is 0 Å². The van der Waals surface area contributed by atoms with Gasteiger partial charge in [0.1, 0.15) is 5.82 Å². The number of nitrogens with zero attached hydrogens (tertiary/aromatic N) is 2. The summed E-state index contributed by atoms with van der Waals surface area (Å²) in [6.45, 7) is 2.02. The molecule has 1 amide bonds. The van der Waals surface area contributed by atoms with E-state index in [1.54, 1.807) is 24.4 Å². The number of rotatable bonds is 4. The van der Waals surface area contributed by atoms with Gasteiger partial charge in [-0.1, -0.05) is 12.8 Å². The summed E-state index contributed by atoms with van der Waals surface area (Å²) in [7, 11) is 0. The molecule has 2 N–H and O–H groups in total. The molecule has 2 aromatic rings. The van der Waals surface area contributed by atoms with Crippen molar-refractivity contribution in [2.45, 2.75) is 25.7 Å². The van der Waals surface area contributed by atoms with E-state index >= 15 is 0 Å². The Morgan fingerprint density at radius 3 is 2.12 bits per heavy atom. The third kappa shape index (κ3) is 4.35. The molecule has 2 heterocycles. The number of aromatic carboxylic acids is 1. The highest BCUT2D eigenvalue weighted by molar-refractivity contribution is 6.04. The third-order valence-electron chi connectivity index (χ3n) is 4.33. The number of pyridine rings is 1. The van der Waals surface area contributed by atoms with Gasteiger partial charge in [-0.25, -0.2) is 9.78 Å². The molecular weight excluding hydrogens is 318 g/mol. The maximum absolute atomic E-state index is 12.3. The van der Waals surface area contributed by atoms with Crippen LogP contribution in [0.25, 0.3) is 0 Å². The zero-order chi connectivity index (χ0) is 17.6. The molecule has 1 aromatic heterocycles. The lowest BCUT2D eigenvalue weighted by Gasteiger charge is -2.21. The predicted molar refractivity (Wildman–Crippen MR) is 96.3 cm³/mol. The molecule has 130 valence electrons. The summed E-state index contributed by atoms with van der Waals surface area (Å²) in [4.78, 5) is 29.8. The molecular formula is C19H21N3O3. The Bertz CT molecular complexity index is 734. The molecule has 0 radical (unpaired) electrons. The number of benzene rings is 1. The van der Waals surface area contributed by atoms with Crippen molar-refractivity contribution in [3.63, 3.8) is 0 Å². The number of hydrogen-bond donors (Lipinski definition) is 2. The van der Waals surface area contributed by atoms with E-state index in [1.807, 2.05) is 6.07 Å². The lowest BCUT2D eigenvalue weighted by molar-refractivity contribution is 0.0696. The summed E-state index contributed by atoms with van der Waals surface area (Å²) in [5.41, 5.74) is 1.20. The lowest BCUT2D eigenvalue weighted by atomic mass is 10.2. The van der Waals surface area contributed by atoms with E-state index in [1.165, 1.54) is 37.8 Å². The number of carboxylic acid groups (broad SMARTS) is 1. The highest BCUT2D eigenvalue weighted by Gasteiger charge is 2.13. The zero-order valence-electron chi connectivity index (χ0n) is 13.9. The molecule has 0 aliphatic carbocycles. The van der Waals surface area contributed by atoms with Crippen molar-refractivity contribution in [1.29, 1.82) is 0 Å². The molecule has 0 atom stereocenters. The second-order valence-corrected chi connectivity index (χ2v) is 6.14. The number of aromatic nitrogens is 1. The monoisotopic (exact) mass is 339 g/mol. The number of amides is 1. The first-order chi connectivity index (χ1) is 12.1. The smallest absolute Gasteiger partial charge is 0.335 e. The molecule has 1 aromatic carbocycles. The van der Waals surface area contributed by atoms with Gasteiger partial charge in [0.15, 0.2) is 0 Å². The normalized spacial score (nSPS) is 14.6. The maximum Gasteiger partial charge on any atom is 0.335 e. The van der Waals surface area contributed by atoms with E-state index in [9.17, 15) is 9.59 Å². The molecule has 6 heteroatoms. The SMILES string of the molecule is O=C(O)c1ccc(NC(=O)c2ccc(N3CCCCCC3)nc2)cc1. The minimum absolute atomic E-state index is 0.182. The van der Waals surface area contributed by atoms with Crippen molar-refractivity contribution < 1.29 is 14.7 Å². The van der Waals surface area contributed by atoms with Gasteiger partial charge in [0, 0.05) is 25.0 Å².